The molecule has 0 amide bonds. The highest BCUT2D eigenvalue weighted by atomic mass is 14.2. The Hall–Kier alpha value is -1.04. The molecule has 0 heterocycles. The molecule has 0 radical (unpaired) electrons. The summed E-state index contributed by atoms with van der Waals surface area (Å²) in [6.07, 6.45) is 7.18. The smallest absolute Gasteiger partial charge is 0.00551 e. The summed E-state index contributed by atoms with van der Waals surface area (Å²) in [7, 11) is 0. The van der Waals surface area contributed by atoms with E-state index >= 15 is 0 Å². The van der Waals surface area contributed by atoms with E-state index in [0.717, 1.165) is 18.8 Å². The van der Waals surface area contributed by atoms with Gasteiger partial charge < -0.3 is 0 Å². The first-order valence-electron chi connectivity index (χ1n) is 7.04. The zero-order valence-corrected chi connectivity index (χ0v) is 11.6. The van der Waals surface area contributed by atoms with Crippen molar-refractivity contribution >= 4 is 6.08 Å². The average molecular weight is 228 g/mol. The van der Waals surface area contributed by atoms with Crippen LogP contribution < -0.4 is 0 Å². The van der Waals surface area contributed by atoms with E-state index in [2.05, 4.69) is 45.9 Å². The molecule has 1 unspecified atom stereocenters. The second-order valence-corrected chi connectivity index (χ2v) is 5.23. The normalized spacial score (nSPS) is 15.6. The lowest BCUT2D eigenvalue weighted by atomic mass is 9.95. The van der Waals surface area contributed by atoms with Crippen LogP contribution in [0.2, 0.25) is 0 Å². The Bertz CT molecular complexity index is 438. The molecule has 0 saturated heterocycles. The third-order valence-corrected chi connectivity index (χ3v) is 4.20. The quantitative estimate of drug-likeness (QED) is 0.694. The summed E-state index contributed by atoms with van der Waals surface area (Å²) < 4.78 is 0. The van der Waals surface area contributed by atoms with Crippen molar-refractivity contribution in [1.82, 2.24) is 0 Å². The lowest BCUT2D eigenvalue weighted by Crippen LogP contribution is -1.98. The van der Waals surface area contributed by atoms with Gasteiger partial charge in [-0.3, -0.25) is 0 Å². The third-order valence-electron chi connectivity index (χ3n) is 4.20. The maximum absolute atomic E-state index is 2.44. The number of rotatable bonds is 4. The van der Waals surface area contributed by atoms with Crippen LogP contribution >= 0.6 is 0 Å². The third kappa shape index (κ3) is 2.31. The van der Waals surface area contributed by atoms with Gasteiger partial charge >= 0.3 is 0 Å². The zero-order chi connectivity index (χ0) is 12.4. The van der Waals surface area contributed by atoms with Crippen molar-refractivity contribution in [2.75, 3.05) is 0 Å². The van der Waals surface area contributed by atoms with Crippen LogP contribution in [-0.4, -0.2) is 0 Å². The molecule has 0 spiro atoms. The van der Waals surface area contributed by atoms with E-state index in [1.165, 1.54) is 24.0 Å². The lowest BCUT2D eigenvalue weighted by molar-refractivity contribution is 0.647. The molecule has 0 aliphatic heterocycles. The van der Waals surface area contributed by atoms with E-state index in [0.29, 0.717) is 0 Å². The van der Waals surface area contributed by atoms with Crippen molar-refractivity contribution in [3.05, 3.63) is 40.0 Å². The lowest BCUT2D eigenvalue weighted by Gasteiger charge is -2.10. The molecule has 1 aromatic rings. The van der Waals surface area contributed by atoms with Crippen molar-refractivity contribution in [3.8, 4) is 0 Å². The summed E-state index contributed by atoms with van der Waals surface area (Å²) in [4.78, 5) is 0. The minimum Gasteiger partial charge on any atom is -0.0648 e. The Morgan fingerprint density at radius 3 is 2.29 bits per heavy atom. The van der Waals surface area contributed by atoms with Gasteiger partial charge in [0.2, 0.25) is 0 Å². The van der Waals surface area contributed by atoms with E-state index < -0.39 is 0 Å². The number of fused-ring (bicyclic) bond motifs is 1. The second kappa shape index (κ2) is 5.08. The zero-order valence-electron chi connectivity index (χ0n) is 11.6. The standard InChI is InChI=1S/C17H24/c1-5-12(4)15-10-16-8-13(6-2)14(7-3)9-17(16)11-15/h8-10,12H,5-7,11H2,1-4H3. The Morgan fingerprint density at radius 2 is 1.71 bits per heavy atom. The van der Waals surface area contributed by atoms with Crippen LogP contribution in [0.1, 0.15) is 56.4 Å². The number of allylic oxidation sites excluding steroid dienone is 1. The molecule has 0 heteroatoms. The molecule has 1 aliphatic carbocycles. The monoisotopic (exact) mass is 228 g/mol. The molecule has 2 rings (SSSR count). The van der Waals surface area contributed by atoms with Gasteiger partial charge in [-0.05, 0) is 53.9 Å². The van der Waals surface area contributed by atoms with Gasteiger partial charge in [0.1, 0.15) is 0 Å². The summed E-state index contributed by atoms with van der Waals surface area (Å²) in [5.41, 5.74) is 7.74. The van der Waals surface area contributed by atoms with Gasteiger partial charge in [-0.2, -0.15) is 0 Å². The Kier molecular flexibility index (Phi) is 3.71. The minimum atomic E-state index is 0.734. The van der Waals surface area contributed by atoms with Gasteiger partial charge in [0, 0.05) is 0 Å². The van der Waals surface area contributed by atoms with Gasteiger partial charge in [0.25, 0.3) is 0 Å². The Balaban J connectivity index is 2.35. The molecular weight excluding hydrogens is 204 g/mol. The van der Waals surface area contributed by atoms with Gasteiger partial charge in [0.05, 0.1) is 0 Å². The molecule has 0 fully saturated rings. The van der Waals surface area contributed by atoms with E-state index in [4.69, 9.17) is 0 Å². The minimum absolute atomic E-state index is 0.734. The van der Waals surface area contributed by atoms with Gasteiger partial charge in [-0.25, -0.2) is 0 Å². The largest absolute Gasteiger partial charge is 0.0648 e. The fourth-order valence-corrected chi connectivity index (χ4v) is 2.75. The van der Waals surface area contributed by atoms with Gasteiger partial charge in [0.15, 0.2) is 0 Å². The molecule has 17 heavy (non-hydrogen) atoms. The Morgan fingerprint density at radius 1 is 1.06 bits per heavy atom. The molecular formula is C17H24. The van der Waals surface area contributed by atoms with Gasteiger partial charge in [-0.15, -0.1) is 0 Å². The number of benzene rings is 1. The van der Waals surface area contributed by atoms with Crippen LogP contribution in [0.15, 0.2) is 17.7 Å². The maximum atomic E-state index is 2.44. The Labute approximate surface area is 106 Å². The summed E-state index contributed by atoms with van der Waals surface area (Å²) >= 11 is 0. The number of hydrogen-bond donors (Lipinski definition) is 0. The van der Waals surface area contributed by atoms with E-state index in [1.807, 2.05) is 0 Å². The molecule has 0 nitrogen and oxygen atoms in total. The first-order valence-corrected chi connectivity index (χ1v) is 7.04. The number of hydrogen-bond acceptors (Lipinski definition) is 0. The van der Waals surface area contributed by atoms with Crippen molar-refractivity contribution < 1.29 is 0 Å². The molecule has 0 aromatic heterocycles. The second-order valence-electron chi connectivity index (χ2n) is 5.23. The fourth-order valence-electron chi connectivity index (χ4n) is 2.75. The summed E-state index contributed by atoms with van der Waals surface area (Å²) in [6.45, 7) is 9.15. The molecule has 0 saturated carbocycles. The molecule has 0 bridgehead atoms. The van der Waals surface area contributed by atoms with Crippen molar-refractivity contribution in [2.45, 2.75) is 53.4 Å². The predicted octanol–water partition coefficient (Wildman–Crippen LogP) is 4.80. The van der Waals surface area contributed by atoms with Crippen LogP contribution in [0.3, 0.4) is 0 Å². The molecule has 1 aromatic carbocycles. The average Bonchev–Trinajstić information content (AvgIpc) is 2.78. The predicted molar refractivity (Wildman–Crippen MR) is 76.3 cm³/mol. The van der Waals surface area contributed by atoms with E-state index in [9.17, 15) is 0 Å². The molecule has 92 valence electrons. The topological polar surface area (TPSA) is 0 Å². The fraction of sp³-hybridized carbons (Fsp3) is 0.529. The molecule has 1 aliphatic rings. The van der Waals surface area contributed by atoms with Crippen LogP contribution in [0.5, 0.6) is 0 Å². The highest BCUT2D eigenvalue weighted by Gasteiger charge is 2.17. The first kappa shape index (κ1) is 12.4. The SMILES string of the molecule is CCc1cc2c(cc1CC)CC(C(C)CC)=C2. The van der Waals surface area contributed by atoms with Crippen molar-refractivity contribution in [1.29, 1.82) is 0 Å². The van der Waals surface area contributed by atoms with Crippen LogP contribution in [-0.2, 0) is 19.3 Å². The summed E-state index contributed by atoms with van der Waals surface area (Å²) in [6, 6.07) is 4.86. The van der Waals surface area contributed by atoms with Crippen molar-refractivity contribution in [2.24, 2.45) is 5.92 Å². The number of aryl methyl sites for hydroxylation is 2. The van der Waals surface area contributed by atoms with Gasteiger partial charge in [-0.1, -0.05) is 51.5 Å². The highest BCUT2D eigenvalue weighted by Crippen LogP contribution is 2.32. The summed E-state index contributed by atoms with van der Waals surface area (Å²) in [5, 5.41) is 0. The maximum Gasteiger partial charge on any atom is -0.00551 e. The van der Waals surface area contributed by atoms with E-state index in [-0.39, 0.29) is 0 Å². The van der Waals surface area contributed by atoms with Crippen molar-refractivity contribution in [3.63, 3.8) is 0 Å². The van der Waals surface area contributed by atoms with Crippen LogP contribution in [0, 0.1) is 5.92 Å². The molecule has 1 atom stereocenters. The van der Waals surface area contributed by atoms with Crippen LogP contribution in [0.25, 0.3) is 6.08 Å². The highest BCUT2D eigenvalue weighted by molar-refractivity contribution is 5.66. The molecule has 0 N–H and O–H groups in total. The first-order chi connectivity index (χ1) is 8.19. The van der Waals surface area contributed by atoms with Crippen LogP contribution in [0.4, 0.5) is 0 Å². The van der Waals surface area contributed by atoms with E-state index in [1.54, 1.807) is 16.7 Å². The summed E-state index contributed by atoms with van der Waals surface area (Å²) in [5.74, 6) is 0.734.